The highest BCUT2D eigenvalue weighted by molar-refractivity contribution is 5.85. The topological polar surface area (TPSA) is 63.6 Å². The molecule has 0 saturated heterocycles. The van der Waals surface area contributed by atoms with Gasteiger partial charge < -0.3 is 9.84 Å². The highest BCUT2D eigenvalue weighted by Crippen LogP contribution is 2.66. The third-order valence-corrected chi connectivity index (χ3v) is 8.88. The minimum atomic E-state index is -0.371. The minimum absolute atomic E-state index is 0.0363. The molecule has 0 bridgehead atoms. The van der Waals surface area contributed by atoms with Crippen LogP contribution in [0.25, 0.3) is 0 Å². The van der Waals surface area contributed by atoms with Crippen molar-refractivity contribution in [3.8, 4) is 0 Å². The van der Waals surface area contributed by atoms with Gasteiger partial charge >= 0.3 is 5.97 Å². The number of aliphatic hydroxyl groups excluding tert-OH is 1. The molecule has 0 aromatic rings. The Kier molecular flexibility index (Phi) is 4.77. The van der Waals surface area contributed by atoms with E-state index in [2.05, 4.69) is 19.9 Å². The number of aliphatic hydroxyl groups is 1. The second-order valence-corrected chi connectivity index (χ2v) is 10.1. The molecule has 3 saturated carbocycles. The van der Waals surface area contributed by atoms with E-state index >= 15 is 0 Å². The van der Waals surface area contributed by atoms with Crippen molar-refractivity contribution in [2.24, 2.45) is 34.5 Å². The van der Waals surface area contributed by atoms with Crippen LogP contribution in [0.4, 0.5) is 0 Å². The second-order valence-electron chi connectivity index (χ2n) is 10.1. The van der Waals surface area contributed by atoms with Crippen LogP contribution in [0.5, 0.6) is 0 Å². The van der Waals surface area contributed by atoms with E-state index in [-0.39, 0.29) is 41.2 Å². The molecule has 0 aromatic heterocycles. The maximum absolute atomic E-state index is 12.8. The lowest BCUT2D eigenvalue weighted by atomic mass is 9.47. The number of allylic oxidation sites excluding steroid dienone is 1. The number of carbonyl (C=O) groups excluding carboxylic acids is 2. The zero-order valence-corrected chi connectivity index (χ0v) is 17.0. The Morgan fingerprint density at radius 1 is 1.15 bits per heavy atom. The molecule has 1 N–H and O–H groups in total. The second kappa shape index (κ2) is 6.72. The van der Waals surface area contributed by atoms with Crippen LogP contribution < -0.4 is 0 Å². The Morgan fingerprint density at radius 2 is 1.93 bits per heavy atom. The summed E-state index contributed by atoms with van der Waals surface area (Å²) in [5.41, 5.74) is 1.78. The van der Waals surface area contributed by atoms with Gasteiger partial charge in [-0.2, -0.15) is 0 Å². The number of hydrogen-bond acceptors (Lipinski definition) is 4. The first-order valence-electron chi connectivity index (χ1n) is 10.8. The number of ether oxygens (including phenoxy) is 1. The Bertz CT molecular complexity index is 667. The molecule has 0 unspecified atom stereocenters. The third kappa shape index (κ3) is 2.99. The van der Waals surface area contributed by atoms with E-state index in [9.17, 15) is 14.7 Å². The zero-order valence-electron chi connectivity index (χ0n) is 17.0. The van der Waals surface area contributed by atoms with Crippen LogP contribution >= 0.6 is 0 Å². The molecule has 0 aromatic carbocycles. The molecule has 4 aliphatic rings. The number of carbonyl (C=O) groups is 2. The van der Waals surface area contributed by atoms with E-state index in [1.807, 2.05) is 0 Å². The average molecular weight is 375 g/mol. The van der Waals surface area contributed by atoms with Crippen LogP contribution in [0.3, 0.4) is 0 Å². The van der Waals surface area contributed by atoms with Crippen molar-refractivity contribution in [3.63, 3.8) is 0 Å². The Morgan fingerprint density at radius 3 is 2.67 bits per heavy atom. The molecule has 7 atom stereocenters. The lowest BCUT2D eigenvalue weighted by Gasteiger charge is -2.57. The lowest BCUT2D eigenvalue weighted by Crippen LogP contribution is -2.51. The van der Waals surface area contributed by atoms with Gasteiger partial charge in [-0.25, -0.2) is 0 Å². The van der Waals surface area contributed by atoms with Crippen LogP contribution in [0, 0.1) is 34.5 Å². The summed E-state index contributed by atoms with van der Waals surface area (Å²) in [5, 5.41) is 10.1. The Labute approximate surface area is 162 Å². The van der Waals surface area contributed by atoms with E-state index in [1.165, 1.54) is 18.9 Å². The summed E-state index contributed by atoms with van der Waals surface area (Å²) in [7, 11) is 0. The summed E-state index contributed by atoms with van der Waals surface area (Å²) in [4.78, 5) is 23.9. The van der Waals surface area contributed by atoms with Gasteiger partial charge in [0.1, 0.15) is 6.61 Å². The van der Waals surface area contributed by atoms with Crippen molar-refractivity contribution in [1.29, 1.82) is 0 Å². The molecule has 4 rings (SSSR count). The average Bonchev–Trinajstić information content (AvgIpc) is 2.97. The quantitative estimate of drug-likeness (QED) is 0.598. The molecular weight excluding hydrogens is 340 g/mol. The molecular formula is C23H34O4. The summed E-state index contributed by atoms with van der Waals surface area (Å²) in [5.74, 6) is 1.71. The summed E-state index contributed by atoms with van der Waals surface area (Å²) in [6.07, 6.45) is 10.6. The number of ketones is 1. The first-order chi connectivity index (χ1) is 12.8. The van der Waals surface area contributed by atoms with Gasteiger partial charge in [0.05, 0.1) is 6.10 Å². The van der Waals surface area contributed by atoms with Crippen molar-refractivity contribution in [2.45, 2.75) is 78.2 Å². The Balaban J connectivity index is 1.55. The first kappa shape index (κ1) is 19.2. The molecule has 3 fully saturated rings. The molecule has 0 aliphatic heterocycles. The molecule has 150 valence electrons. The van der Waals surface area contributed by atoms with Gasteiger partial charge in [0.25, 0.3) is 0 Å². The molecule has 4 nitrogen and oxygen atoms in total. The first-order valence-corrected chi connectivity index (χ1v) is 10.8. The molecule has 0 spiro atoms. The molecule has 4 heteroatoms. The maximum atomic E-state index is 12.8. The normalized spacial score (nSPS) is 45.9. The highest BCUT2D eigenvalue weighted by atomic mass is 16.5. The van der Waals surface area contributed by atoms with Gasteiger partial charge in [0.2, 0.25) is 0 Å². The van der Waals surface area contributed by atoms with Crippen LogP contribution in [-0.4, -0.2) is 29.6 Å². The standard InChI is InChI=1S/C23H34O4/c1-14(24)27-13-21(26)20-7-6-18-17-5-4-15-12-16(25)8-10-22(15,2)19(17)9-11-23(18,20)3/h4,16-20,25H,5-13H2,1-3H3/t16-,17-,18-,19+,20+,22-,23-/m0/s1. The summed E-state index contributed by atoms with van der Waals surface area (Å²) >= 11 is 0. The van der Waals surface area contributed by atoms with Gasteiger partial charge in [0, 0.05) is 12.8 Å². The van der Waals surface area contributed by atoms with Crippen LogP contribution in [0.1, 0.15) is 72.1 Å². The third-order valence-electron chi connectivity index (χ3n) is 8.88. The number of fused-ring (bicyclic) bond motifs is 5. The lowest BCUT2D eigenvalue weighted by molar-refractivity contribution is -0.149. The smallest absolute Gasteiger partial charge is 0.303 e. The molecule has 0 heterocycles. The van der Waals surface area contributed by atoms with Gasteiger partial charge in [-0.05, 0) is 80.0 Å². The molecule has 0 radical (unpaired) electrons. The van der Waals surface area contributed by atoms with Crippen LogP contribution in [-0.2, 0) is 14.3 Å². The number of rotatable bonds is 3. The van der Waals surface area contributed by atoms with Crippen molar-refractivity contribution in [2.75, 3.05) is 6.61 Å². The predicted molar refractivity (Wildman–Crippen MR) is 103 cm³/mol. The van der Waals surface area contributed by atoms with Crippen molar-refractivity contribution in [3.05, 3.63) is 11.6 Å². The molecule has 0 amide bonds. The fourth-order valence-corrected chi connectivity index (χ4v) is 7.44. The largest absolute Gasteiger partial charge is 0.458 e. The number of hydrogen-bond donors (Lipinski definition) is 1. The van der Waals surface area contributed by atoms with Crippen LogP contribution in [0.15, 0.2) is 11.6 Å². The maximum Gasteiger partial charge on any atom is 0.303 e. The zero-order chi connectivity index (χ0) is 19.4. The number of esters is 1. The SMILES string of the molecule is CC(=O)OCC(=O)[C@H]1CC[C@H]2[C@@H]3CC=C4C[C@@H](O)CC[C@]4(C)[C@@H]3CC[C@]12C. The fraction of sp³-hybridized carbons (Fsp3) is 0.826. The minimum Gasteiger partial charge on any atom is -0.458 e. The van der Waals surface area contributed by atoms with E-state index in [0.717, 1.165) is 44.9 Å². The molecule has 4 aliphatic carbocycles. The van der Waals surface area contributed by atoms with E-state index in [1.54, 1.807) is 0 Å². The van der Waals surface area contributed by atoms with Gasteiger partial charge in [-0.3, -0.25) is 9.59 Å². The van der Waals surface area contributed by atoms with Crippen molar-refractivity contribution >= 4 is 11.8 Å². The van der Waals surface area contributed by atoms with E-state index in [0.29, 0.717) is 17.8 Å². The predicted octanol–water partition coefficient (Wildman–Crippen LogP) is 4.06. The van der Waals surface area contributed by atoms with Gasteiger partial charge in [-0.1, -0.05) is 25.5 Å². The monoisotopic (exact) mass is 374 g/mol. The summed E-state index contributed by atoms with van der Waals surface area (Å²) < 4.78 is 5.02. The van der Waals surface area contributed by atoms with Crippen LogP contribution in [0.2, 0.25) is 0 Å². The highest BCUT2D eigenvalue weighted by Gasteiger charge is 2.59. The van der Waals surface area contributed by atoms with Crippen molar-refractivity contribution < 1.29 is 19.4 Å². The number of Topliss-reactive ketones (excluding diaryl/α,β-unsaturated/α-hetero) is 1. The summed E-state index contributed by atoms with van der Waals surface area (Å²) in [6, 6.07) is 0. The van der Waals surface area contributed by atoms with Gasteiger partial charge in [0.15, 0.2) is 5.78 Å². The van der Waals surface area contributed by atoms with Gasteiger partial charge in [-0.15, -0.1) is 0 Å². The molecule has 27 heavy (non-hydrogen) atoms. The van der Waals surface area contributed by atoms with E-state index in [4.69, 9.17) is 4.74 Å². The fourth-order valence-electron chi connectivity index (χ4n) is 7.44. The van der Waals surface area contributed by atoms with Crippen molar-refractivity contribution in [1.82, 2.24) is 0 Å². The van der Waals surface area contributed by atoms with E-state index < -0.39 is 0 Å². The summed E-state index contributed by atoms with van der Waals surface area (Å²) in [6.45, 7) is 6.06. The Hall–Kier alpha value is -1.16.